The van der Waals surface area contributed by atoms with Gasteiger partial charge in [-0.05, 0) is 59.2 Å². The maximum Gasteiger partial charge on any atom is 0.251 e. The van der Waals surface area contributed by atoms with E-state index in [1.807, 2.05) is 65.8 Å². The van der Waals surface area contributed by atoms with Crippen LogP contribution < -0.4 is 16.0 Å². The van der Waals surface area contributed by atoms with Crippen LogP contribution >= 0.6 is 0 Å². The molecule has 0 aliphatic carbocycles. The zero-order valence-corrected chi connectivity index (χ0v) is 17.6. The monoisotopic (exact) mass is 385 g/mol. The van der Waals surface area contributed by atoms with Gasteiger partial charge in [-0.25, -0.2) is 9.98 Å². The van der Waals surface area contributed by atoms with E-state index in [0.717, 1.165) is 23.6 Å². The number of benzene rings is 1. The molecule has 7 nitrogen and oxygen atoms in total. The Labute approximate surface area is 167 Å². The molecule has 0 saturated heterocycles. The quantitative estimate of drug-likeness (QED) is 0.525. The van der Waals surface area contributed by atoms with Gasteiger partial charge < -0.3 is 20.4 Å². The highest BCUT2D eigenvalue weighted by Crippen LogP contribution is 2.10. The van der Waals surface area contributed by atoms with Gasteiger partial charge in [0.25, 0.3) is 5.91 Å². The molecule has 0 aliphatic heterocycles. The Hall–Kier alpha value is -2.83. The third kappa shape index (κ3) is 6.72. The molecule has 7 heteroatoms. The maximum atomic E-state index is 12.4. The lowest BCUT2D eigenvalue weighted by Crippen LogP contribution is -2.40. The SMILES string of the molecule is CCNC(=NCc1cccc(C(=O)NC(C)(C)C)c1)NCc1nc(C)c(C)o1. The third-order valence-electron chi connectivity index (χ3n) is 3.92. The molecule has 0 spiro atoms. The largest absolute Gasteiger partial charge is 0.444 e. The molecule has 0 radical (unpaired) electrons. The number of hydrogen-bond donors (Lipinski definition) is 3. The van der Waals surface area contributed by atoms with Gasteiger partial charge in [0.05, 0.1) is 18.8 Å². The van der Waals surface area contributed by atoms with Crippen LogP contribution in [0.1, 0.15) is 61.0 Å². The molecule has 0 atom stereocenters. The lowest BCUT2D eigenvalue weighted by Gasteiger charge is -2.20. The van der Waals surface area contributed by atoms with E-state index < -0.39 is 0 Å². The molecule has 0 fully saturated rings. The lowest BCUT2D eigenvalue weighted by atomic mass is 10.1. The second kappa shape index (κ2) is 9.39. The van der Waals surface area contributed by atoms with E-state index in [1.165, 1.54) is 0 Å². The number of amides is 1. The molecule has 1 heterocycles. The summed E-state index contributed by atoms with van der Waals surface area (Å²) < 4.78 is 5.59. The minimum absolute atomic E-state index is 0.0852. The smallest absolute Gasteiger partial charge is 0.251 e. The van der Waals surface area contributed by atoms with Crippen LogP contribution in [0.15, 0.2) is 33.7 Å². The van der Waals surface area contributed by atoms with Crippen LogP contribution in [0.2, 0.25) is 0 Å². The summed E-state index contributed by atoms with van der Waals surface area (Å²) in [6.07, 6.45) is 0. The number of guanidine groups is 1. The van der Waals surface area contributed by atoms with E-state index in [2.05, 4.69) is 25.9 Å². The Morgan fingerprint density at radius 2 is 1.96 bits per heavy atom. The summed E-state index contributed by atoms with van der Waals surface area (Å²) in [4.78, 5) is 21.3. The minimum atomic E-state index is -0.274. The van der Waals surface area contributed by atoms with Gasteiger partial charge in [0.2, 0.25) is 5.89 Å². The van der Waals surface area contributed by atoms with Crippen LogP contribution in [0.25, 0.3) is 0 Å². The van der Waals surface area contributed by atoms with Gasteiger partial charge in [-0.15, -0.1) is 0 Å². The topological polar surface area (TPSA) is 91.5 Å². The standard InChI is InChI=1S/C21H31N5O2/c1-7-22-20(24-13-18-25-14(2)15(3)28-18)23-12-16-9-8-10-17(11-16)19(27)26-21(4,5)6/h8-11H,7,12-13H2,1-6H3,(H,26,27)(H2,22,23,24). The summed E-state index contributed by atoms with van der Waals surface area (Å²) in [6.45, 7) is 13.4. The molecule has 2 rings (SSSR count). The molecular formula is C21H31N5O2. The number of rotatable bonds is 6. The first-order valence-electron chi connectivity index (χ1n) is 9.54. The van der Waals surface area contributed by atoms with Crippen molar-refractivity contribution in [2.45, 2.75) is 60.2 Å². The Morgan fingerprint density at radius 3 is 2.57 bits per heavy atom. The molecule has 1 aromatic carbocycles. The molecule has 0 aliphatic rings. The number of carbonyl (C=O) groups excluding carboxylic acids is 1. The number of nitrogens with zero attached hydrogens (tertiary/aromatic N) is 2. The van der Waals surface area contributed by atoms with Crippen molar-refractivity contribution in [1.29, 1.82) is 0 Å². The Bertz CT molecular complexity index is 814. The maximum absolute atomic E-state index is 12.4. The van der Waals surface area contributed by atoms with Crippen LogP contribution in [0.4, 0.5) is 0 Å². The van der Waals surface area contributed by atoms with Crippen LogP contribution in [0, 0.1) is 13.8 Å². The number of oxazole rings is 1. The van der Waals surface area contributed by atoms with E-state index in [1.54, 1.807) is 0 Å². The molecule has 0 bridgehead atoms. The average Bonchev–Trinajstić information content (AvgIpc) is 2.94. The molecule has 0 unspecified atom stereocenters. The van der Waals surface area contributed by atoms with E-state index in [9.17, 15) is 4.79 Å². The third-order valence-corrected chi connectivity index (χ3v) is 3.92. The van der Waals surface area contributed by atoms with Crippen LogP contribution in [0.3, 0.4) is 0 Å². The Balaban J connectivity index is 2.03. The summed E-state index contributed by atoms with van der Waals surface area (Å²) in [5.74, 6) is 2.03. The van der Waals surface area contributed by atoms with Gasteiger partial charge in [-0.2, -0.15) is 0 Å². The van der Waals surface area contributed by atoms with Gasteiger partial charge in [-0.1, -0.05) is 12.1 Å². The fraction of sp³-hybridized carbons (Fsp3) is 0.476. The molecule has 28 heavy (non-hydrogen) atoms. The van der Waals surface area contributed by atoms with Crippen LogP contribution in [0.5, 0.6) is 0 Å². The highest BCUT2D eigenvalue weighted by atomic mass is 16.4. The molecule has 3 N–H and O–H groups in total. The van der Waals surface area contributed by atoms with E-state index in [0.29, 0.717) is 30.5 Å². The molecule has 0 saturated carbocycles. The zero-order valence-electron chi connectivity index (χ0n) is 17.6. The van der Waals surface area contributed by atoms with Gasteiger partial charge in [0.1, 0.15) is 5.76 Å². The highest BCUT2D eigenvalue weighted by molar-refractivity contribution is 5.94. The number of aromatic nitrogens is 1. The summed E-state index contributed by atoms with van der Waals surface area (Å²) in [5.41, 5.74) is 2.21. The van der Waals surface area contributed by atoms with Gasteiger partial charge in [0, 0.05) is 17.6 Å². The first kappa shape index (κ1) is 21.5. The number of aryl methyl sites for hydroxylation is 2. The predicted molar refractivity (Wildman–Crippen MR) is 111 cm³/mol. The van der Waals surface area contributed by atoms with Crippen molar-refractivity contribution in [1.82, 2.24) is 20.9 Å². The average molecular weight is 386 g/mol. The normalized spacial score (nSPS) is 12.0. The minimum Gasteiger partial charge on any atom is -0.444 e. The fourth-order valence-corrected chi connectivity index (χ4v) is 2.51. The summed E-state index contributed by atoms with van der Waals surface area (Å²) in [7, 11) is 0. The van der Waals surface area contributed by atoms with Crippen molar-refractivity contribution in [3.05, 3.63) is 52.7 Å². The number of aliphatic imine (C=N–C) groups is 1. The van der Waals surface area contributed by atoms with Crippen molar-refractivity contribution >= 4 is 11.9 Å². The van der Waals surface area contributed by atoms with E-state index in [4.69, 9.17) is 4.42 Å². The van der Waals surface area contributed by atoms with Gasteiger partial charge >= 0.3 is 0 Å². The molecule has 152 valence electrons. The molecular weight excluding hydrogens is 354 g/mol. The summed E-state index contributed by atoms with van der Waals surface area (Å²) >= 11 is 0. The molecule has 1 aromatic heterocycles. The van der Waals surface area contributed by atoms with Crippen molar-refractivity contribution in [3.63, 3.8) is 0 Å². The number of carbonyl (C=O) groups is 1. The lowest BCUT2D eigenvalue weighted by molar-refractivity contribution is 0.0919. The van der Waals surface area contributed by atoms with E-state index in [-0.39, 0.29) is 11.4 Å². The fourth-order valence-electron chi connectivity index (χ4n) is 2.51. The molecule has 1 amide bonds. The van der Waals surface area contributed by atoms with Gasteiger partial charge in [-0.3, -0.25) is 4.79 Å². The highest BCUT2D eigenvalue weighted by Gasteiger charge is 2.15. The number of hydrogen-bond acceptors (Lipinski definition) is 4. The van der Waals surface area contributed by atoms with Crippen molar-refractivity contribution in [2.24, 2.45) is 4.99 Å². The first-order valence-corrected chi connectivity index (χ1v) is 9.54. The van der Waals surface area contributed by atoms with Crippen molar-refractivity contribution in [3.8, 4) is 0 Å². The zero-order chi connectivity index (χ0) is 20.7. The van der Waals surface area contributed by atoms with Crippen molar-refractivity contribution in [2.75, 3.05) is 6.54 Å². The Morgan fingerprint density at radius 1 is 1.21 bits per heavy atom. The van der Waals surface area contributed by atoms with Gasteiger partial charge in [0.15, 0.2) is 5.96 Å². The van der Waals surface area contributed by atoms with E-state index >= 15 is 0 Å². The predicted octanol–water partition coefficient (Wildman–Crippen LogP) is 3.08. The first-order chi connectivity index (χ1) is 13.2. The summed E-state index contributed by atoms with van der Waals surface area (Å²) in [6, 6.07) is 7.52. The number of nitrogens with one attached hydrogen (secondary N) is 3. The van der Waals surface area contributed by atoms with Crippen molar-refractivity contribution < 1.29 is 9.21 Å². The second-order valence-corrected chi connectivity index (χ2v) is 7.70. The Kier molecular flexibility index (Phi) is 7.20. The van der Waals surface area contributed by atoms with Crippen LogP contribution in [-0.4, -0.2) is 28.9 Å². The molecule has 2 aromatic rings. The summed E-state index contributed by atoms with van der Waals surface area (Å²) in [5, 5.41) is 9.40. The van der Waals surface area contributed by atoms with Crippen LogP contribution in [-0.2, 0) is 13.1 Å². The second-order valence-electron chi connectivity index (χ2n) is 7.70.